The number of H-pyrrole nitrogens is 1. The van der Waals surface area contributed by atoms with E-state index in [2.05, 4.69) is 15.3 Å². The number of nitrogens with zero attached hydrogens (tertiary/aromatic N) is 1. The zero-order valence-corrected chi connectivity index (χ0v) is 10.1. The fourth-order valence-electron chi connectivity index (χ4n) is 1.34. The minimum Gasteiger partial charge on any atom is -0.347 e. The van der Waals surface area contributed by atoms with Crippen LogP contribution in [-0.4, -0.2) is 15.9 Å². The van der Waals surface area contributed by atoms with Gasteiger partial charge in [0.1, 0.15) is 5.69 Å². The van der Waals surface area contributed by atoms with Crippen LogP contribution in [0.1, 0.15) is 16.1 Å². The first-order chi connectivity index (χ1) is 8.65. The van der Waals surface area contributed by atoms with Crippen LogP contribution in [-0.2, 0) is 6.54 Å². The standard InChI is InChI=1S/C12H10ClN3O2/c13-9-3-1-8(2-4-9)5-16-12(18)10-6-15-11(17)7-14-10/h1-4,6-7H,5H2,(H,15,17)(H,16,18). The van der Waals surface area contributed by atoms with Crippen molar-refractivity contribution < 1.29 is 4.79 Å². The number of nitrogens with one attached hydrogen (secondary N) is 2. The van der Waals surface area contributed by atoms with Crippen molar-refractivity contribution in [2.75, 3.05) is 0 Å². The largest absolute Gasteiger partial charge is 0.347 e. The van der Waals surface area contributed by atoms with E-state index in [9.17, 15) is 9.59 Å². The molecule has 92 valence electrons. The van der Waals surface area contributed by atoms with Crippen molar-refractivity contribution in [3.05, 3.63) is 63.3 Å². The molecule has 0 unspecified atom stereocenters. The Morgan fingerprint density at radius 1 is 1.33 bits per heavy atom. The van der Waals surface area contributed by atoms with Crippen molar-refractivity contribution in [1.29, 1.82) is 0 Å². The molecule has 0 radical (unpaired) electrons. The van der Waals surface area contributed by atoms with Crippen LogP contribution in [0.2, 0.25) is 5.02 Å². The number of amides is 1. The third kappa shape index (κ3) is 3.18. The molecule has 2 N–H and O–H groups in total. The van der Waals surface area contributed by atoms with E-state index in [-0.39, 0.29) is 17.2 Å². The van der Waals surface area contributed by atoms with Crippen molar-refractivity contribution in [1.82, 2.24) is 15.3 Å². The summed E-state index contributed by atoms with van der Waals surface area (Å²) in [6.07, 6.45) is 2.34. The second-order valence-corrected chi connectivity index (χ2v) is 4.04. The fraction of sp³-hybridized carbons (Fsp3) is 0.0833. The van der Waals surface area contributed by atoms with Crippen LogP contribution >= 0.6 is 11.6 Å². The molecule has 0 spiro atoms. The van der Waals surface area contributed by atoms with Crippen LogP contribution < -0.4 is 10.9 Å². The Morgan fingerprint density at radius 3 is 2.67 bits per heavy atom. The summed E-state index contributed by atoms with van der Waals surface area (Å²) < 4.78 is 0. The predicted molar refractivity (Wildman–Crippen MR) is 67.5 cm³/mol. The maximum Gasteiger partial charge on any atom is 0.271 e. The van der Waals surface area contributed by atoms with Crippen LogP contribution in [0, 0.1) is 0 Å². The Kier molecular flexibility index (Phi) is 3.74. The van der Waals surface area contributed by atoms with E-state index in [0.29, 0.717) is 11.6 Å². The first-order valence-corrected chi connectivity index (χ1v) is 5.60. The van der Waals surface area contributed by atoms with Crippen LogP contribution in [0.15, 0.2) is 41.5 Å². The number of aromatic amines is 1. The number of aromatic nitrogens is 2. The summed E-state index contributed by atoms with van der Waals surface area (Å²) in [6, 6.07) is 7.15. The highest BCUT2D eigenvalue weighted by Gasteiger charge is 2.06. The van der Waals surface area contributed by atoms with Gasteiger partial charge in [0.15, 0.2) is 0 Å². The highest BCUT2D eigenvalue weighted by molar-refractivity contribution is 6.30. The Balaban J connectivity index is 1.98. The Morgan fingerprint density at radius 2 is 2.06 bits per heavy atom. The maximum absolute atomic E-state index is 11.7. The molecule has 1 aromatic heterocycles. The maximum atomic E-state index is 11.7. The summed E-state index contributed by atoms with van der Waals surface area (Å²) in [5.41, 5.74) is 0.755. The van der Waals surface area contributed by atoms with Gasteiger partial charge < -0.3 is 10.3 Å². The molecule has 5 nitrogen and oxygen atoms in total. The first kappa shape index (κ1) is 12.3. The molecule has 6 heteroatoms. The zero-order valence-electron chi connectivity index (χ0n) is 9.31. The number of hydrogen-bond donors (Lipinski definition) is 2. The molecule has 0 aliphatic carbocycles. The van der Waals surface area contributed by atoms with E-state index in [4.69, 9.17) is 11.6 Å². The monoisotopic (exact) mass is 263 g/mol. The van der Waals surface area contributed by atoms with Crippen LogP contribution in [0.25, 0.3) is 0 Å². The van der Waals surface area contributed by atoms with Gasteiger partial charge in [-0.2, -0.15) is 0 Å². The molecular weight excluding hydrogens is 254 g/mol. The molecule has 1 aromatic carbocycles. The van der Waals surface area contributed by atoms with Crippen molar-refractivity contribution in [2.24, 2.45) is 0 Å². The molecule has 0 bridgehead atoms. The molecule has 0 atom stereocenters. The molecule has 0 saturated carbocycles. The van der Waals surface area contributed by atoms with Crippen molar-refractivity contribution in [2.45, 2.75) is 6.54 Å². The summed E-state index contributed by atoms with van der Waals surface area (Å²) in [7, 11) is 0. The first-order valence-electron chi connectivity index (χ1n) is 5.22. The van der Waals surface area contributed by atoms with Gasteiger partial charge in [0.25, 0.3) is 11.5 Å². The van der Waals surface area contributed by atoms with Gasteiger partial charge >= 0.3 is 0 Å². The number of hydrogen-bond acceptors (Lipinski definition) is 3. The molecule has 0 aliphatic rings. The molecule has 0 fully saturated rings. The van der Waals surface area contributed by atoms with Gasteiger partial charge in [0.05, 0.1) is 6.20 Å². The average molecular weight is 264 g/mol. The summed E-state index contributed by atoms with van der Waals surface area (Å²) in [5.74, 6) is -0.346. The Bertz CT molecular complexity index is 587. The lowest BCUT2D eigenvalue weighted by Gasteiger charge is -2.04. The lowest BCUT2D eigenvalue weighted by molar-refractivity contribution is 0.0945. The second kappa shape index (κ2) is 5.46. The molecule has 2 aromatic rings. The highest BCUT2D eigenvalue weighted by Crippen LogP contribution is 2.09. The van der Waals surface area contributed by atoms with Crippen LogP contribution in [0.4, 0.5) is 0 Å². The lowest BCUT2D eigenvalue weighted by Crippen LogP contribution is -2.25. The van der Waals surface area contributed by atoms with Gasteiger partial charge in [-0.1, -0.05) is 23.7 Å². The molecule has 1 heterocycles. The highest BCUT2D eigenvalue weighted by atomic mass is 35.5. The van der Waals surface area contributed by atoms with Crippen LogP contribution in [0.3, 0.4) is 0 Å². The molecular formula is C12H10ClN3O2. The van der Waals surface area contributed by atoms with E-state index < -0.39 is 0 Å². The number of rotatable bonds is 3. The van der Waals surface area contributed by atoms with Gasteiger partial charge in [0.2, 0.25) is 0 Å². The van der Waals surface area contributed by atoms with Crippen molar-refractivity contribution in [3.8, 4) is 0 Å². The van der Waals surface area contributed by atoms with Gasteiger partial charge in [-0.25, -0.2) is 4.98 Å². The van der Waals surface area contributed by atoms with E-state index in [0.717, 1.165) is 11.8 Å². The van der Waals surface area contributed by atoms with Gasteiger partial charge in [-0.05, 0) is 17.7 Å². The van der Waals surface area contributed by atoms with Gasteiger partial charge in [-0.15, -0.1) is 0 Å². The summed E-state index contributed by atoms with van der Waals surface area (Å²) in [6.45, 7) is 0.372. The van der Waals surface area contributed by atoms with E-state index in [1.54, 1.807) is 12.1 Å². The molecule has 0 saturated heterocycles. The third-order valence-corrected chi connectivity index (χ3v) is 2.52. The summed E-state index contributed by atoms with van der Waals surface area (Å²) >= 11 is 5.75. The number of benzene rings is 1. The Hall–Kier alpha value is -2.14. The molecule has 2 rings (SSSR count). The molecule has 1 amide bonds. The lowest BCUT2D eigenvalue weighted by atomic mass is 10.2. The molecule has 0 aliphatic heterocycles. The third-order valence-electron chi connectivity index (χ3n) is 2.27. The smallest absolute Gasteiger partial charge is 0.271 e. The van der Waals surface area contributed by atoms with Crippen LogP contribution in [0.5, 0.6) is 0 Å². The minimum absolute atomic E-state index is 0.170. The van der Waals surface area contributed by atoms with Crippen molar-refractivity contribution >= 4 is 17.5 Å². The van der Waals surface area contributed by atoms with E-state index in [1.165, 1.54) is 6.20 Å². The Labute approximate surface area is 108 Å². The number of carbonyl (C=O) groups is 1. The minimum atomic E-state index is -0.346. The van der Waals surface area contributed by atoms with Gasteiger partial charge in [0, 0.05) is 17.8 Å². The quantitative estimate of drug-likeness (QED) is 0.878. The topological polar surface area (TPSA) is 74.8 Å². The second-order valence-electron chi connectivity index (χ2n) is 3.61. The van der Waals surface area contributed by atoms with Crippen molar-refractivity contribution in [3.63, 3.8) is 0 Å². The molecule has 18 heavy (non-hydrogen) atoms. The summed E-state index contributed by atoms with van der Waals surface area (Å²) in [4.78, 5) is 28.6. The number of halogens is 1. The fourth-order valence-corrected chi connectivity index (χ4v) is 1.47. The average Bonchev–Trinajstić information content (AvgIpc) is 2.38. The van der Waals surface area contributed by atoms with Gasteiger partial charge in [-0.3, -0.25) is 9.59 Å². The summed E-state index contributed by atoms with van der Waals surface area (Å²) in [5, 5.41) is 3.33. The normalized spacial score (nSPS) is 10.1. The zero-order chi connectivity index (χ0) is 13.0. The SMILES string of the molecule is O=C(NCc1ccc(Cl)cc1)c1c[nH]c(=O)cn1. The number of carbonyl (C=O) groups excluding carboxylic acids is 1. The van der Waals surface area contributed by atoms with E-state index >= 15 is 0 Å². The predicted octanol–water partition coefficient (Wildman–Crippen LogP) is 1.35. The van der Waals surface area contributed by atoms with E-state index in [1.807, 2.05) is 12.1 Å².